The van der Waals surface area contributed by atoms with Crippen molar-refractivity contribution in [3.8, 4) is 0 Å². The van der Waals surface area contributed by atoms with Gasteiger partial charge >= 0.3 is 0 Å². The molecule has 0 fully saturated rings. The van der Waals surface area contributed by atoms with Crippen LogP contribution in [0.1, 0.15) is 22.3 Å². The van der Waals surface area contributed by atoms with Crippen LogP contribution >= 0.6 is 11.8 Å². The van der Waals surface area contributed by atoms with Crippen molar-refractivity contribution in [1.29, 1.82) is 0 Å². The normalized spacial score (nSPS) is 11.1. The highest BCUT2D eigenvalue weighted by Gasteiger charge is 2.04. The molecule has 0 radical (unpaired) electrons. The van der Waals surface area contributed by atoms with Crippen molar-refractivity contribution in [2.45, 2.75) is 12.8 Å². The fourth-order valence-electron chi connectivity index (χ4n) is 1.98. The number of rotatable bonds is 8. The van der Waals surface area contributed by atoms with Gasteiger partial charge in [-0.05, 0) is 42.5 Å². The molecule has 0 aliphatic rings. The van der Waals surface area contributed by atoms with Crippen LogP contribution < -0.4 is 16.0 Å². The molecule has 0 aliphatic carbocycles. The summed E-state index contributed by atoms with van der Waals surface area (Å²) in [7, 11) is 3.42. The number of carbonyl (C=O) groups excluding carboxylic acids is 1. The molecular formula is C16H26N4OS. The largest absolute Gasteiger partial charge is 0.356 e. The Kier molecular flexibility index (Phi) is 9.14. The SMILES string of the molecule is CN=C(NCCCSC)NCCc1cccc(C(=O)NC)c1. The molecule has 22 heavy (non-hydrogen) atoms. The minimum Gasteiger partial charge on any atom is -0.356 e. The van der Waals surface area contributed by atoms with E-state index < -0.39 is 0 Å². The first-order valence-electron chi connectivity index (χ1n) is 7.45. The van der Waals surface area contributed by atoms with Gasteiger partial charge in [0.05, 0.1) is 0 Å². The quantitative estimate of drug-likeness (QED) is 0.386. The zero-order chi connectivity index (χ0) is 16.2. The lowest BCUT2D eigenvalue weighted by Crippen LogP contribution is -2.38. The molecule has 1 aromatic rings. The van der Waals surface area contributed by atoms with Gasteiger partial charge in [0.15, 0.2) is 5.96 Å². The second-order valence-electron chi connectivity index (χ2n) is 4.80. The summed E-state index contributed by atoms with van der Waals surface area (Å²) in [5, 5.41) is 9.22. The summed E-state index contributed by atoms with van der Waals surface area (Å²) in [4.78, 5) is 15.8. The maximum absolute atomic E-state index is 11.6. The number of carbonyl (C=O) groups is 1. The Morgan fingerprint density at radius 2 is 2.05 bits per heavy atom. The van der Waals surface area contributed by atoms with Crippen LogP contribution in [0.25, 0.3) is 0 Å². The standard InChI is InChI=1S/C16H26N4OS/c1-17-15(21)14-7-4-6-13(12-14)8-10-20-16(18-2)19-9-5-11-22-3/h4,6-7,12H,5,8-11H2,1-3H3,(H,17,21)(H2,18,19,20). The summed E-state index contributed by atoms with van der Waals surface area (Å²) in [6.45, 7) is 1.70. The van der Waals surface area contributed by atoms with E-state index in [-0.39, 0.29) is 5.91 Å². The summed E-state index contributed by atoms with van der Waals surface area (Å²) >= 11 is 1.85. The van der Waals surface area contributed by atoms with E-state index in [2.05, 4.69) is 27.2 Å². The molecule has 0 aliphatic heterocycles. The minimum atomic E-state index is -0.0546. The summed E-state index contributed by atoms with van der Waals surface area (Å²) in [6.07, 6.45) is 4.08. The number of amides is 1. The third-order valence-electron chi connectivity index (χ3n) is 3.16. The second-order valence-corrected chi connectivity index (χ2v) is 5.79. The van der Waals surface area contributed by atoms with Gasteiger partial charge in [0.1, 0.15) is 0 Å². The molecule has 5 nitrogen and oxygen atoms in total. The Morgan fingerprint density at radius 1 is 1.27 bits per heavy atom. The number of nitrogens with zero attached hydrogens (tertiary/aromatic N) is 1. The molecule has 1 aromatic carbocycles. The first-order chi connectivity index (χ1) is 10.7. The van der Waals surface area contributed by atoms with E-state index in [0.29, 0.717) is 5.56 Å². The molecule has 0 spiro atoms. The minimum absolute atomic E-state index is 0.0546. The third-order valence-corrected chi connectivity index (χ3v) is 3.86. The Labute approximate surface area is 137 Å². The van der Waals surface area contributed by atoms with Gasteiger partial charge in [-0.25, -0.2) is 0 Å². The molecule has 0 atom stereocenters. The van der Waals surface area contributed by atoms with Crippen LogP contribution in [0, 0.1) is 0 Å². The van der Waals surface area contributed by atoms with Gasteiger partial charge in [-0.2, -0.15) is 11.8 Å². The predicted octanol–water partition coefficient (Wildman–Crippen LogP) is 1.51. The highest BCUT2D eigenvalue weighted by Crippen LogP contribution is 2.05. The average Bonchev–Trinajstić information content (AvgIpc) is 2.56. The molecule has 122 valence electrons. The number of guanidine groups is 1. The van der Waals surface area contributed by atoms with E-state index in [1.165, 1.54) is 0 Å². The number of thioether (sulfide) groups is 1. The second kappa shape index (κ2) is 11.0. The molecule has 0 aromatic heterocycles. The van der Waals surface area contributed by atoms with Crippen molar-refractivity contribution < 1.29 is 4.79 Å². The Morgan fingerprint density at radius 3 is 2.73 bits per heavy atom. The maximum atomic E-state index is 11.6. The van der Waals surface area contributed by atoms with Crippen molar-refractivity contribution >= 4 is 23.6 Å². The fourth-order valence-corrected chi connectivity index (χ4v) is 2.41. The summed E-state index contributed by atoms with van der Waals surface area (Å²) in [6, 6.07) is 7.69. The Bertz CT molecular complexity index is 491. The van der Waals surface area contributed by atoms with Crippen molar-refractivity contribution in [2.75, 3.05) is 39.2 Å². The van der Waals surface area contributed by atoms with Gasteiger partial charge < -0.3 is 16.0 Å². The van der Waals surface area contributed by atoms with E-state index in [1.807, 2.05) is 36.0 Å². The van der Waals surface area contributed by atoms with Crippen molar-refractivity contribution in [1.82, 2.24) is 16.0 Å². The number of aliphatic imine (C=N–C) groups is 1. The monoisotopic (exact) mass is 322 g/mol. The Hall–Kier alpha value is -1.69. The topological polar surface area (TPSA) is 65.5 Å². The number of hydrogen-bond acceptors (Lipinski definition) is 3. The van der Waals surface area contributed by atoms with Crippen LogP contribution in [-0.4, -0.2) is 51.1 Å². The lowest BCUT2D eigenvalue weighted by molar-refractivity contribution is 0.0963. The molecular weight excluding hydrogens is 296 g/mol. The van der Waals surface area contributed by atoms with Crippen LogP contribution in [0.15, 0.2) is 29.3 Å². The third kappa shape index (κ3) is 6.85. The van der Waals surface area contributed by atoms with E-state index in [4.69, 9.17) is 0 Å². The smallest absolute Gasteiger partial charge is 0.251 e. The number of benzene rings is 1. The van der Waals surface area contributed by atoms with Crippen LogP contribution in [0.5, 0.6) is 0 Å². The number of nitrogens with one attached hydrogen (secondary N) is 3. The summed E-state index contributed by atoms with van der Waals surface area (Å²) < 4.78 is 0. The first-order valence-corrected chi connectivity index (χ1v) is 8.85. The lowest BCUT2D eigenvalue weighted by atomic mass is 10.1. The van der Waals surface area contributed by atoms with E-state index >= 15 is 0 Å². The number of hydrogen-bond donors (Lipinski definition) is 3. The lowest BCUT2D eigenvalue weighted by Gasteiger charge is -2.12. The van der Waals surface area contributed by atoms with Crippen molar-refractivity contribution in [3.05, 3.63) is 35.4 Å². The Balaban J connectivity index is 2.38. The molecule has 1 amide bonds. The molecule has 0 saturated heterocycles. The molecule has 1 rings (SSSR count). The first kappa shape index (κ1) is 18.4. The van der Waals surface area contributed by atoms with E-state index in [1.54, 1.807) is 14.1 Å². The molecule has 0 bridgehead atoms. The molecule has 0 saturated carbocycles. The fraction of sp³-hybridized carbons (Fsp3) is 0.500. The van der Waals surface area contributed by atoms with Gasteiger partial charge in [0.25, 0.3) is 5.91 Å². The zero-order valence-electron chi connectivity index (χ0n) is 13.6. The predicted molar refractivity (Wildman–Crippen MR) is 95.9 cm³/mol. The van der Waals surface area contributed by atoms with Gasteiger partial charge in [-0.15, -0.1) is 0 Å². The summed E-state index contributed by atoms with van der Waals surface area (Å²) in [5.41, 5.74) is 1.83. The van der Waals surface area contributed by atoms with Gasteiger partial charge in [-0.3, -0.25) is 9.79 Å². The average molecular weight is 322 g/mol. The van der Waals surface area contributed by atoms with Crippen LogP contribution in [-0.2, 0) is 6.42 Å². The van der Waals surface area contributed by atoms with Crippen LogP contribution in [0.3, 0.4) is 0 Å². The van der Waals surface area contributed by atoms with Gasteiger partial charge in [0, 0.05) is 32.7 Å². The van der Waals surface area contributed by atoms with Gasteiger partial charge in [0.2, 0.25) is 0 Å². The highest BCUT2D eigenvalue weighted by atomic mass is 32.2. The molecule has 6 heteroatoms. The molecule has 0 heterocycles. The van der Waals surface area contributed by atoms with E-state index in [9.17, 15) is 4.79 Å². The van der Waals surface area contributed by atoms with Crippen molar-refractivity contribution in [3.63, 3.8) is 0 Å². The van der Waals surface area contributed by atoms with E-state index in [0.717, 1.165) is 43.2 Å². The maximum Gasteiger partial charge on any atom is 0.251 e. The molecule has 3 N–H and O–H groups in total. The summed E-state index contributed by atoms with van der Waals surface area (Å²) in [5.74, 6) is 1.92. The molecule has 0 unspecified atom stereocenters. The van der Waals surface area contributed by atoms with Crippen LogP contribution in [0.2, 0.25) is 0 Å². The van der Waals surface area contributed by atoms with Crippen molar-refractivity contribution in [2.24, 2.45) is 4.99 Å². The zero-order valence-corrected chi connectivity index (χ0v) is 14.4. The van der Waals surface area contributed by atoms with Gasteiger partial charge in [-0.1, -0.05) is 12.1 Å². The highest BCUT2D eigenvalue weighted by molar-refractivity contribution is 7.98. The van der Waals surface area contributed by atoms with Crippen LogP contribution in [0.4, 0.5) is 0 Å².